The lowest BCUT2D eigenvalue weighted by atomic mass is 10.0. The van der Waals surface area contributed by atoms with E-state index >= 15 is 0 Å². The number of amides is 1. The number of nitrogens with zero attached hydrogens (tertiary/aromatic N) is 1. The van der Waals surface area contributed by atoms with Crippen LogP contribution in [0.15, 0.2) is 36.4 Å². The molecular formula is C16H17NO4. The Bertz CT molecular complexity index is 668. The van der Waals surface area contributed by atoms with Crippen molar-refractivity contribution < 1.29 is 19.4 Å². The maximum absolute atomic E-state index is 11.5. The van der Waals surface area contributed by atoms with Gasteiger partial charge in [-0.05, 0) is 41.5 Å². The Balaban J connectivity index is 2.49. The highest BCUT2D eigenvalue weighted by Gasteiger charge is 2.25. The maximum atomic E-state index is 11.5. The van der Waals surface area contributed by atoms with Crippen molar-refractivity contribution in [3.63, 3.8) is 0 Å². The summed E-state index contributed by atoms with van der Waals surface area (Å²) in [5.74, 6) is -0.301. The third kappa shape index (κ3) is 2.97. The monoisotopic (exact) mass is 287 g/mol. The molecule has 5 heteroatoms. The van der Waals surface area contributed by atoms with Crippen molar-refractivity contribution in [2.45, 2.75) is 13.0 Å². The standard InChI is InChI=1S/C16H17NO4/c1-3-17(10-18)15(16(19)20)13-5-4-12-9-14(21-2)7-6-11(12)8-13/h4-10,15H,3H2,1-2H3,(H,19,20). The van der Waals surface area contributed by atoms with Gasteiger partial charge in [0.15, 0.2) is 6.04 Å². The number of carboxylic acid groups (broad SMARTS) is 1. The van der Waals surface area contributed by atoms with E-state index in [-0.39, 0.29) is 0 Å². The molecule has 0 radical (unpaired) electrons. The molecule has 0 aromatic heterocycles. The highest BCUT2D eigenvalue weighted by molar-refractivity contribution is 5.87. The summed E-state index contributed by atoms with van der Waals surface area (Å²) in [5, 5.41) is 11.3. The van der Waals surface area contributed by atoms with Crippen molar-refractivity contribution in [2.75, 3.05) is 13.7 Å². The quantitative estimate of drug-likeness (QED) is 0.829. The van der Waals surface area contributed by atoms with Gasteiger partial charge in [-0.25, -0.2) is 4.79 Å². The molecule has 1 N–H and O–H groups in total. The second kappa shape index (κ2) is 6.26. The number of aliphatic carboxylic acids is 1. The Hall–Kier alpha value is -2.56. The fraction of sp³-hybridized carbons (Fsp3) is 0.250. The number of rotatable bonds is 6. The van der Waals surface area contributed by atoms with Gasteiger partial charge in [0.05, 0.1) is 7.11 Å². The van der Waals surface area contributed by atoms with Gasteiger partial charge < -0.3 is 14.7 Å². The third-order valence-corrected chi connectivity index (χ3v) is 3.45. The average molecular weight is 287 g/mol. The minimum atomic E-state index is -1.04. The molecule has 0 spiro atoms. The van der Waals surface area contributed by atoms with Gasteiger partial charge in [-0.3, -0.25) is 4.79 Å². The van der Waals surface area contributed by atoms with Crippen LogP contribution in [0.1, 0.15) is 18.5 Å². The summed E-state index contributed by atoms with van der Waals surface area (Å²) in [6, 6.07) is 9.95. The zero-order valence-corrected chi connectivity index (χ0v) is 11.9. The summed E-state index contributed by atoms with van der Waals surface area (Å²) < 4.78 is 5.16. The van der Waals surface area contributed by atoms with Crippen LogP contribution in [0.5, 0.6) is 5.75 Å². The van der Waals surface area contributed by atoms with E-state index in [0.717, 1.165) is 16.5 Å². The minimum absolute atomic E-state index is 0.334. The molecule has 2 aromatic carbocycles. The van der Waals surface area contributed by atoms with E-state index in [1.165, 1.54) is 4.90 Å². The van der Waals surface area contributed by atoms with E-state index in [1.54, 1.807) is 26.2 Å². The van der Waals surface area contributed by atoms with Gasteiger partial charge in [0.25, 0.3) is 0 Å². The molecule has 0 aliphatic heterocycles. The van der Waals surface area contributed by atoms with Crippen LogP contribution in [0, 0.1) is 0 Å². The second-order valence-electron chi connectivity index (χ2n) is 4.65. The zero-order valence-electron chi connectivity index (χ0n) is 11.9. The number of likely N-dealkylation sites (N-methyl/N-ethyl adjacent to an activating group) is 1. The van der Waals surface area contributed by atoms with E-state index in [2.05, 4.69) is 0 Å². The normalized spacial score (nSPS) is 11.9. The molecule has 0 saturated heterocycles. The highest BCUT2D eigenvalue weighted by Crippen LogP contribution is 2.26. The van der Waals surface area contributed by atoms with Crippen LogP contribution in [0.4, 0.5) is 0 Å². The lowest BCUT2D eigenvalue weighted by Gasteiger charge is -2.24. The van der Waals surface area contributed by atoms with Crippen LogP contribution in [0.2, 0.25) is 0 Å². The Kier molecular flexibility index (Phi) is 4.42. The number of carboxylic acids is 1. The summed E-state index contributed by atoms with van der Waals surface area (Å²) in [7, 11) is 1.60. The lowest BCUT2D eigenvalue weighted by molar-refractivity contribution is -0.146. The van der Waals surface area contributed by atoms with E-state index < -0.39 is 12.0 Å². The summed E-state index contributed by atoms with van der Waals surface area (Å²) in [5.41, 5.74) is 0.578. The third-order valence-electron chi connectivity index (χ3n) is 3.45. The van der Waals surface area contributed by atoms with Crippen LogP contribution < -0.4 is 4.74 Å². The SMILES string of the molecule is CCN(C=O)C(C(=O)O)c1ccc2cc(OC)ccc2c1. The average Bonchev–Trinajstić information content (AvgIpc) is 2.51. The first kappa shape index (κ1) is 14.8. The second-order valence-corrected chi connectivity index (χ2v) is 4.65. The summed E-state index contributed by atoms with van der Waals surface area (Å²) in [6.45, 7) is 2.08. The molecule has 0 bridgehead atoms. The number of hydrogen-bond donors (Lipinski definition) is 1. The van der Waals surface area contributed by atoms with E-state index in [0.29, 0.717) is 18.5 Å². The van der Waals surface area contributed by atoms with E-state index in [4.69, 9.17) is 4.74 Å². The molecule has 1 unspecified atom stereocenters. The Morgan fingerprint density at radius 2 is 1.95 bits per heavy atom. The molecule has 2 aromatic rings. The molecule has 5 nitrogen and oxygen atoms in total. The predicted octanol–water partition coefficient (Wildman–Crippen LogP) is 2.45. The van der Waals surface area contributed by atoms with Gasteiger partial charge in [0.1, 0.15) is 5.75 Å². The van der Waals surface area contributed by atoms with Crippen LogP contribution in [-0.2, 0) is 9.59 Å². The molecule has 0 saturated carbocycles. The molecule has 1 atom stereocenters. The first-order valence-electron chi connectivity index (χ1n) is 6.62. The van der Waals surface area contributed by atoms with Crippen LogP contribution in [0.3, 0.4) is 0 Å². The van der Waals surface area contributed by atoms with Crippen molar-refractivity contribution in [1.82, 2.24) is 4.90 Å². The van der Waals surface area contributed by atoms with Crippen LogP contribution in [-0.4, -0.2) is 36.0 Å². The number of methoxy groups -OCH3 is 1. The van der Waals surface area contributed by atoms with E-state index in [1.807, 2.05) is 24.3 Å². The van der Waals surface area contributed by atoms with Crippen molar-refractivity contribution in [3.05, 3.63) is 42.0 Å². The molecule has 21 heavy (non-hydrogen) atoms. The topological polar surface area (TPSA) is 66.8 Å². The highest BCUT2D eigenvalue weighted by atomic mass is 16.5. The summed E-state index contributed by atoms with van der Waals surface area (Å²) in [6.07, 6.45) is 0.566. The minimum Gasteiger partial charge on any atom is -0.497 e. The van der Waals surface area contributed by atoms with Gasteiger partial charge in [0.2, 0.25) is 6.41 Å². The number of benzene rings is 2. The summed E-state index contributed by atoms with van der Waals surface area (Å²) in [4.78, 5) is 23.8. The van der Waals surface area contributed by atoms with Crippen molar-refractivity contribution in [2.24, 2.45) is 0 Å². The first-order valence-corrected chi connectivity index (χ1v) is 6.62. The molecule has 0 heterocycles. The number of carbonyl (C=O) groups excluding carboxylic acids is 1. The number of ether oxygens (including phenoxy) is 1. The molecular weight excluding hydrogens is 270 g/mol. The zero-order chi connectivity index (χ0) is 15.4. The van der Waals surface area contributed by atoms with Crippen LogP contribution >= 0.6 is 0 Å². The molecule has 1 amide bonds. The molecule has 110 valence electrons. The molecule has 0 aliphatic rings. The largest absolute Gasteiger partial charge is 0.497 e. The Labute approximate surface area is 122 Å². The number of hydrogen-bond acceptors (Lipinski definition) is 3. The van der Waals surface area contributed by atoms with Gasteiger partial charge in [0, 0.05) is 6.54 Å². The predicted molar refractivity (Wildman–Crippen MR) is 79.3 cm³/mol. The van der Waals surface area contributed by atoms with Crippen molar-refractivity contribution >= 4 is 23.2 Å². The van der Waals surface area contributed by atoms with Crippen molar-refractivity contribution in [1.29, 1.82) is 0 Å². The lowest BCUT2D eigenvalue weighted by Crippen LogP contribution is -2.32. The molecule has 0 aliphatic carbocycles. The summed E-state index contributed by atoms with van der Waals surface area (Å²) >= 11 is 0. The molecule has 0 fully saturated rings. The van der Waals surface area contributed by atoms with Gasteiger partial charge in [-0.1, -0.05) is 18.2 Å². The fourth-order valence-corrected chi connectivity index (χ4v) is 2.33. The van der Waals surface area contributed by atoms with Crippen LogP contribution in [0.25, 0.3) is 10.8 Å². The number of carbonyl (C=O) groups is 2. The number of fused-ring (bicyclic) bond motifs is 1. The molecule has 2 rings (SSSR count). The Morgan fingerprint density at radius 3 is 2.52 bits per heavy atom. The van der Waals surface area contributed by atoms with Crippen molar-refractivity contribution in [3.8, 4) is 5.75 Å². The van der Waals surface area contributed by atoms with Gasteiger partial charge in [-0.2, -0.15) is 0 Å². The smallest absolute Gasteiger partial charge is 0.331 e. The van der Waals surface area contributed by atoms with E-state index in [9.17, 15) is 14.7 Å². The maximum Gasteiger partial charge on any atom is 0.331 e. The van der Waals surface area contributed by atoms with Gasteiger partial charge in [-0.15, -0.1) is 0 Å². The fourth-order valence-electron chi connectivity index (χ4n) is 2.33. The van der Waals surface area contributed by atoms with Gasteiger partial charge >= 0.3 is 5.97 Å². The first-order chi connectivity index (χ1) is 10.1. The Morgan fingerprint density at radius 1 is 1.29 bits per heavy atom.